The van der Waals surface area contributed by atoms with E-state index in [-0.39, 0.29) is 12.2 Å². The highest BCUT2D eigenvalue weighted by Gasteiger charge is 2.19. The van der Waals surface area contributed by atoms with Crippen molar-refractivity contribution in [1.82, 2.24) is 10.1 Å². The van der Waals surface area contributed by atoms with Gasteiger partial charge in [-0.05, 0) is 36.2 Å². The van der Waals surface area contributed by atoms with Crippen molar-refractivity contribution in [2.24, 2.45) is 0 Å². The van der Waals surface area contributed by atoms with Crippen molar-refractivity contribution in [3.05, 3.63) is 88.8 Å². The summed E-state index contributed by atoms with van der Waals surface area (Å²) in [4.78, 5) is 27.7. The van der Waals surface area contributed by atoms with Crippen molar-refractivity contribution >= 4 is 29.4 Å². The van der Waals surface area contributed by atoms with Gasteiger partial charge in [-0.3, -0.25) is 10.3 Å². The predicted octanol–water partition coefficient (Wildman–Crippen LogP) is 5.85. The SMILES string of the molecule is Cc1noc(-c2cccc(-c3cncc(C(=O)O)c3)c2)c1NC(=O)OCCc1ccccc1Cl. The molecule has 1 amide bonds. The summed E-state index contributed by atoms with van der Waals surface area (Å²) in [5.74, 6) is -0.708. The molecule has 0 aliphatic rings. The maximum absolute atomic E-state index is 12.4. The molecule has 0 unspecified atom stereocenters. The number of aryl methyl sites for hydroxylation is 1. The van der Waals surface area contributed by atoms with E-state index < -0.39 is 12.1 Å². The minimum Gasteiger partial charge on any atom is -0.478 e. The third-order valence-corrected chi connectivity index (χ3v) is 5.46. The van der Waals surface area contributed by atoms with Gasteiger partial charge in [0.1, 0.15) is 11.4 Å². The Morgan fingerprint density at radius 2 is 1.85 bits per heavy atom. The predicted molar refractivity (Wildman–Crippen MR) is 127 cm³/mol. The molecule has 34 heavy (non-hydrogen) atoms. The van der Waals surface area contributed by atoms with E-state index in [1.165, 1.54) is 12.3 Å². The van der Waals surface area contributed by atoms with Crippen LogP contribution in [0.5, 0.6) is 0 Å². The van der Waals surface area contributed by atoms with Crippen LogP contribution in [0.25, 0.3) is 22.5 Å². The van der Waals surface area contributed by atoms with Crippen LogP contribution in [-0.4, -0.2) is 33.9 Å². The monoisotopic (exact) mass is 477 g/mol. The maximum atomic E-state index is 12.4. The molecule has 0 saturated heterocycles. The first-order chi connectivity index (χ1) is 16.4. The second kappa shape index (κ2) is 10.2. The lowest BCUT2D eigenvalue weighted by Gasteiger charge is -2.09. The van der Waals surface area contributed by atoms with Gasteiger partial charge in [0.05, 0.1) is 12.2 Å². The molecule has 2 aromatic carbocycles. The number of halogens is 1. The van der Waals surface area contributed by atoms with Crippen LogP contribution < -0.4 is 5.32 Å². The summed E-state index contributed by atoms with van der Waals surface area (Å²) in [5.41, 5.74) is 3.85. The molecule has 2 heterocycles. The highest BCUT2D eigenvalue weighted by Crippen LogP contribution is 2.33. The van der Waals surface area contributed by atoms with Gasteiger partial charge in [0.2, 0.25) is 0 Å². The van der Waals surface area contributed by atoms with Gasteiger partial charge in [-0.2, -0.15) is 0 Å². The van der Waals surface area contributed by atoms with Gasteiger partial charge in [0, 0.05) is 35.0 Å². The number of carboxylic acids is 1. The molecule has 4 rings (SSSR count). The second-order valence-corrected chi connectivity index (χ2v) is 7.83. The zero-order valence-electron chi connectivity index (χ0n) is 18.1. The van der Waals surface area contributed by atoms with E-state index in [2.05, 4.69) is 15.5 Å². The van der Waals surface area contributed by atoms with E-state index in [1.54, 1.807) is 37.4 Å². The molecule has 0 bridgehead atoms. The Morgan fingerprint density at radius 3 is 2.65 bits per heavy atom. The molecule has 0 spiro atoms. The summed E-state index contributed by atoms with van der Waals surface area (Å²) < 4.78 is 10.8. The molecular formula is C25H20ClN3O5. The van der Waals surface area contributed by atoms with Crippen LogP contribution in [0.4, 0.5) is 10.5 Å². The Balaban J connectivity index is 1.50. The fourth-order valence-corrected chi connectivity index (χ4v) is 3.59. The molecule has 172 valence electrons. The number of carboxylic acid groups (broad SMARTS) is 1. The van der Waals surface area contributed by atoms with Gasteiger partial charge < -0.3 is 14.4 Å². The highest BCUT2D eigenvalue weighted by molar-refractivity contribution is 6.31. The molecule has 0 saturated carbocycles. The van der Waals surface area contributed by atoms with Crippen molar-refractivity contribution in [3.8, 4) is 22.5 Å². The number of benzene rings is 2. The van der Waals surface area contributed by atoms with Gasteiger partial charge in [0.15, 0.2) is 5.76 Å². The molecule has 0 fully saturated rings. The lowest BCUT2D eigenvalue weighted by molar-refractivity contribution is 0.0696. The number of hydrogen-bond acceptors (Lipinski definition) is 6. The average molecular weight is 478 g/mol. The Bertz CT molecular complexity index is 1350. The number of amides is 1. The third-order valence-electron chi connectivity index (χ3n) is 5.10. The number of pyridine rings is 1. The van der Waals surface area contributed by atoms with Crippen LogP contribution in [0.3, 0.4) is 0 Å². The molecule has 4 aromatic rings. The van der Waals surface area contributed by atoms with Crippen LogP contribution >= 0.6 is 11.6 Å². The number of hydrogen-bond donors (Lipinski definition) is 2. The molecular weight excluding hydrogens is 458 g/mol. The standard InChI is InChI=1S/C25H20ClN3O5/c1-15-22(28-25(32)33-10-9-16-5-2-3-8-21(16)26)23(34-29-15)18-7-4-6-17(11-18)19-12-20(24(30)31)14-27-13-19/h2-8,11-14H,9-10H2,1H3,(H,28,32)(H,30,31). The number of ether oxygens (including phenoxy) is 1. The minimum absolute atomic E-state index is 0.0836. The lowest BCUT2D eigenvalue weighted by atomic mass is 10.0. The van der Waals surface area contributed by atoms with Gasteiger partial charge in [-0.1, -0.05) is 53.2 Å². The first-order valence-electron chi connectivity index (χ1n) is 10.3. The van der Waals surface area contributed by atoms with Crippen LogP contribution in [-0.2, 0) is 11.2 Å². The van der Waals surface area contributed by atoms with Gasteiger partial charge in [-0.25, -0.2) is 9.59 Å². The van der Waals surface area contributed by atoms with Crippen LogP contribution in [0.2, 0.25) is 5.02 Å². The highest BCUT2D eigenvalue weighted by atomic mass is 35.5. The first-order valence-corrected chi connectivity index (χ1v) is 10.7. The second-order valence-electron chi connectivity index (χ2n) is 7.42. The summed E-state index contributed by atoms with van der Waals surface area (Å²) in [5, 5.41) is 16.5. The van der Waals surface area contributed by atoms with Gasteiger partial charge >= 0.3 is 12.1 Å². The van der Waals surface area contributed by atoms with Gasteiger partial charge in [-0.15, -0.1) is 0 Å². The van der Waals surface area contributed by atoms with Crippen LogP contribution in [0.15, 0.2) is 71.5 Å². The van der Waals surface area contributed by atoms with E-state index in [0.717, 1.165) is 11.1 Å². The smallest absolute Gasteiger partial charge is 0.411 e. The van der Waals surface area contributed by atoms with E-state index in [0.29, 0.717) is 39.7 Å². The van der Waals surface area contributed by atoms with E-state index in [9.17, 15) is 14.7 Å². The third kappa shape index (κ3) is 5.24. The van der Waals surface area contributed by atoms with Crippen LogP contribution in [0.1, 0.15) is 21.6 Å². The average Bonchev–Trinajstić information content (AvgIpc) is 3.20. The molecule has 0 radical (unpaired) electrons. The topological polar surface area (TPSA) is 115 Å². The fraction of sp³-hybridized carbons (Fsp3) is 0.120. The number of aromatic carboxylic acids is 1. The zero-order valence-corrected chi connectivity index (χ0v) is 18.9. The summed E-state index contributed by atoms with van der Waals surface area (Å²) in [6.45, 7) is 1.86. The maximum Gasteiger partial charge on any atom is 0.411 e. The summed E-state index contributed by atoms with van der Waals surface area (Å²) in [6, 6.07) is 16.1. The van der Waals surface area contributed by atoms with Crippen molar-refractivity contribution in [1.29, 1.82) is 0 Å². The molecule has 2 N–H and O–H groups in total. The molecule has 8 nitrogen and oxygen atoms in total. The van der Waals surface area contributed by atoms with Crippen molar-refractivity contribution < 1.29 is 24.0 Å². The first kappa shape index (κ1) is 23.0. The lowest BCUT2D eigenvalue weighted by Crippen LogP contribution is -2.16. The number of rotatable bonds is 7. The number of nitrogens with zero attached hydrogens (tertiary/aromatic N) is 2. The van der Waals surface area contributed by atoms with Gasteiger partial charge in [0.25, 0.3) is 0 Å². The van der Waals surface area contributed by atoms with Crippen LogP contribution in [0, 0.1) is 6.92 Å². The minimum atomic E-state index is -1.06. The molecule has 0 atom stereocenters. The van der Waals surface area contributed by atoms with Crippen molar-refractivity contribution in [2.75, 3.05) is 11.9 Å². The quantitative estimate of drug-likeness (QED) is 0.343. The van der Waals surface area contributed by atoms with E-state index >= 15 is 0 Å². The fourth-order valence-electron chi connectivity index (χ4n) is 3.36. The Kier molecular flexibility index (Phi) is 6.89. The molecule has 0 aliphatic heterocycles. The largest absolute Gasteiger partial charge is 0.478 e. The molecule has 0 aliphatic carbocycles. The van der Waals surface area contributed by atoms with E-state index in [1.807, 2.05) is 24.3 Å². The molecule has 2 aromatic heterocycles. The van der Waals surface area contributed by atoms with Crippen molar-refractivity contribution in [3.63, 3.8) is 0 Å². The number of nitrogens with one attached hydrogen (secondary N) is 1. The Labute approximate surface area is 200 Å². The summed E-state index contributed by atoms with van der Waals surface area (Å²) >= 11 is 6.14. The summed E-state index contributed by atoms with van der Waals surface area (Å²) in [6.07, 6.45) is 2.70. The van der Waals surface area contributed by atoms with E-state index in [4.69, 9.17) is 20.9 Å². The summed E-state index contributed by atoms with van der Waals surface area (Å²) in [7, 11) is 0. The normalized spacial score (nSPS) is 10.6. The Morgan fingerprint density at radius 1 is 1.06 bits per heavy atom. The van der Waals surface area contributed by atoms with Crippen molar-refractivity contribution in [2.45, 2.75) is 13.3 Å². The number of aromatic nitrogens is 2. The number of anilines is 1. The number of carbonyl (C=O) groups excluding carboxylic acids is 1. The number of carbonyl (C=O) groups is 2. The molecule has 9 heteroatoms. The Hall–Kier alpha value is -4.17. The zero-order chi connectivity index (χ0) is 24.1.